The Morgan fingerprint density at radius 1 is 1.04 bits per heavy atom. The lowest BCUT2D eigenvalue weighted by Gasteiger charge is -2.59. The Kier molecular flexibility index (Phi) is 3.85. The molecule has 0 aromatic heterocycles. The van der Waals surface area contributed by atoms with Gasteiger partial charge in [-0.2, -0.15) is 0 Å². The molecule has 4 aliphatic rings. The molecule has 3 nitrogen and oxygen atoms in total. The zero-order valence-electron chi connectivity index (χ0n) is 15.5. The number of ketones is 1. The first-order chi connectivity index (χ1) is 11.4. The summed E-state index contributed by atoms with van der Waals surface area (Å²) in [5.41, 5.74) is 0.240. The third-order valence-electron chi connectivity index (χ3n) is 8.60. The van der Waals surface area contributed by atoms with Crippen molar-refractivity contribution < 1.29 is 14.3 Å². The van der Waals surface area contributed by atoms with Crippen molar-refractivity contribution in [3.63, 3.8) is 0 Å². The standard InChI is InChI=1S/C21H32O3/c1-13(22)24-18-12-17-15-8-7-14-6-4-5-10-20(14,2)16(15)9-11-21(17,3)19(18)23/h14-18H,4-12H2,1-3H3/t14-,15-,16-,17-,18-,20+,21+/m1/s1. The number of ether oxygens (including phenoxy) is 1. The minimum Gasteiger partial charge on any atom is -0.455 e. The van der Waals surface area contributed by atoms with Crippen LogP contribution in [0.5, 0.6) is 0 Å². The highest BCUT2D eigenvalue weighted by Crippen LogP contribution is 2.65. The molecule has 134 valence electrons. The summed E-state index contributed by atoms with van der Waals surface area (Å²) < 4.78 is 5.40. The molecule has 4 rings (SSSR count). The summed E-state index contributed by atoms with van der Waals surface area (Å²) in [4.78, 5) is 24.4. The van der Waals surface area contributed by atoms with Gasteiger partial charge in [-0.25, -0.2) is 0 Å². The van der Waals surface area contributed by atoms with E-state index >= 15 is 0 Å². The summed E-state index contributed by atoms with van der Waals surface area (Å²) in [6.07, 6.45) is 10.7. The van der Waals surface area contributed by atoms with E-state index in [1.165, 1.54) is 51.9 Å². The van der Waals surface area contributed by atoms with Gasteiger partial charge in [0.15, 0.2) is 11.9 Å². The second kappa shape index (κ2) is 5.57. The Hall–Kier alpha value is -0.860. The van der Waals surface area contributed by atoms with E-state index in [1.54, 1.807) is 0 Å². The van der Waals surface area contributed by atoms with Gasteiger partial charge in [0.1, 0.15) is 0 Å². The predicted octanol–water partition coefficient (Wildman–Crippen LogP) is 4.53. The zero-order valence-corrected chi connectivity index (χ0v) is 15.5. The maximum atomic E-state index is 13.0. The van der Waals surface area contributed by atoms with Crippen LogP contribution in [0.2, 0.25) is 0 Å². The van der Waals surface area contributed by atoms with Crippen molar-refractivity contribution in [1.29, 1.82) is 0 Å². The molecule has 24 heavy (non-hydrogen) atoms. The van der Waals surface area contributed by atoms with E-state index in [9.17, 15) is 9.59 Å². The molecule has 0 unspecified atom stereocenters. The first kappa shape index (κ1) is 16.6. The van der Waals surface area contributed by atoms with E-state index in [2.05, 4.69) is 13.8 Å². The summed E-state index contributed by atoms with van der Waals surface area (Å²) in [5, 5.41) is 0. The van der Waals surface area contributed by atoms with E-state index in [0.717, 1.165) is 24.7 Å². The highest BCUT2D eigenvalue weighted by molar-refractivity contribution is 5.92. The van der Waals surface area contributed by atoms with Crippen molar-refractivity contribution in [1.82, 2.24) is 0 Å². The van der Waals surface area contributed by atoms with E-state index in [-0.39, 0.29) is 17.2 Å². The molecule has 0 saturated heterocycles. The van der Waals surface area contributed by atoms with E-state index in [0.29, 0.717) is 17.3 Å². The lowest BCUT2D eigenvalue weighted by atomic mass is 9.45. The fourth-order valence-electron chi connectivity index (χ4n) is 7.36. The Bertz CT molecular complexity index is 555. The molecule has 4 fully saturated rings. The third kappa shape index (κ3) is 2.22. The van der Waals surface area contributed by atoms with Crippen molar-refractivity contribution in [3.8, 4) is 0 Å². The van der Waals surface area contributed by atoms with E-state index in [4.69, 9.17) is 4.74 Å². The predicted molar refractivity (Wildman–Crippen MR) is 92.3 cm³/mol. The molecule has 0 radical (unpaired) electrons. The van der Waals surface area contributed by atoms with E-state index < -0.39 is 6.10 Å². The largest absolute Gasteiger partial charge is 0.455 e. The van der Waals surface area contributed by atoms with Crippen molar-refractivity contribution in [2.75, 3.05) is 0 Å². The fraction of sp³-hybridized carbons (Fsp3) is 0.905. The molecule has 0 heterocycles. The number of carbonyl (C=O) groups excluding carboxylic acids is 2. The Labute approximate surface area is 145 Å². The van der Waals surface area contributed by atoms with Crippen LogP contribution in [-0.4, -0.2) is 17.9 Å². The van der Waals surface area contributed by atoms with Crippen LogP contribution in [0.15, 0.2) is 0 Å². The first-order valence-corrected chi connectivity index (χ1v) is 10.1. The Balaban J connectivity index is 1.62. The SMILES string of the molecule is CC(=O)O[C@@H]1C[C@@H]2[C@@H]3CC[C@H]4CCCC[C@]4(C)[C@@H]3CC[C@]2(C)C1=O. The molecular weight excluding hydrogens is 300 g/mol. The molecule has 0 amide bonds. The molecule has 0 aromatic rings. The number of rotatable bonds is 1. The topological polar surface area (TPSA) is 43.4 Å². The van der Waals surface area contributed by atoms with Crippen molar-refractivity contribution >= 4 is 11.8 Å². The number of esters is 1. The summed E-state index contributed by atoms with van der Waals surface area (Å²) in [6.45, 7) is 6.14. The van der Waals surface area contributed by atoms with Crippen molar-refractivity contribution in [3.05, 3.63) is 0 Å². The quantitative estimate of drug-likeness (QED) is 0.663. The maximum Gasteiger partial charge on any atom is 0.303 e. The molecule has 3 heteroatoms. The van der Waals surface area contributed by atoms with Gasteiger partial charge in [0.25, 0.3) is 0 Å². The number of carbonyl (C=O) groups is 2. The summed E-state index contributed by atoms with van der Waals surface area (Å²) in [5.74, 6) is 2.66. The number of hydrogen-bond acceptors (Lipinski definition) is 3. The molecule has 0 bridgehead atoms. The average Bonchev–Trinajstić information content (AvgIpc) is 2.78. The molecule has 7 atom stereocenters. The monoisotopic (exact) mass is 332 g/mol. The summed E-state index contributed by atoms with van der Waals surface area (Å²) in [7, 11) is 0. The van der Waals surface area contributed by atoms with Crippen LogP contribution in [0.3, 0.4) is 0 Å². The summed E-state index contributed by atoms with van der Waals surface area (Å²) in [6, 6.07) is 0. The van der Waals surface area contributed by atoms with Gasteiger partial charge in [-0.3, -0.25) is 9.59 Å². The van der Waals surface area contributed by atoms with Gasteiger partial charge in [-0.1, -0.05) is 26.7 Å². The van der Waals surface area contributed by atoms with Crippen molar-refractivity contribution in [2.45, 2.75) is 84.7 Å². The minimum atomic E-state index is -0.479. The normalized spacial score (nSPS) is 50.6. The molecule has 0 aliphatic heterocycles. The van der Waals surface area contributed by atoms with Gasteiger partial charge >= 0.3 is 5.97 Å². The zero-order chi connectivity index (χ0) is 17.1. The van der Waals surface area contributed by atoms with Crippen molar-refractivity contribution in [2.24, 2.45) is 34.5 Å². The second-order valence-electron chi connectivity index (χ2n) is 9.56. The molecular formula is C21H32O3. The van der Waals surface area contributed by atoms with Crippen LogP contribution in [0.25, 0.3) is 0 Å². The summed E-state index contributed by atoms with van der Waals surface area (Å²) >= 11 is 0. The van der Waals surface area contributed by atoms with Gasteiger partial charge in [-0.05, 0) is 74.0 Å². The van der Waals surface area contributed by atoms with Crippen LogP contribution < -0.4 is 0 Å². The minimum absolute atomic E-state index is 0.206. The average molecular weight is 332 g/mol. The molecule has 0 spiro atoms. The van der Waals surface area contributed by atoms with Gasteiger partial charge in [0.05, 0.1) is 0 Å². The Morgan fingerprint density at radius 2 is 1.83 bits per heavy atom. The van der Waals surface area contributed by atoms with E-state index in [1.807, 2.05) is 0 Å². The van der Waals surface area contributed by atoms with Crippen LogP contribution in [0.4, 0.5) is 0 Å². The highest BCUT2D eigenvalue weighted by atomic mass is 16.5. The fourth-order valence-corrected chi connectivity index (χ4v) is 7.36. The molecule has 4 saturated carbocycles. The maximum absolute atomic E-state index is 13.0. The number of Topliss-reactive ketones (excluding diaryl/α,β-unsaturated/α-hetero) is 1. The number of fused-ring (bicyclic) bond motifs is 5. The lowest BCUT2D eigenvalue weighted by molar-refractivity contribution is -0.154. The molecule has 4 aliphatic carbocycles. The molecule has 0 N–H and O–H groups in total. The lowest BCUT2D eigenvalue weighted by Crippen LogP contribution is -2.52. The second-order valence-corrected chi connectivity index (χ2v) is 9.56. The van der Waals surface area contributed by atoms with Gasteiger partial charge in [0.2, 0.25) is 0 Å². The Morgan fingerprint density at radius 3 is 2.58 bits per heavy atom. The van der Waals surface area contributed by atoms with Crippen LogP contribution >= 0.6 is 0 Å². The molecule has 0 aromatic carbocycles. The highest BCUT2D eigenvalue weighted by Gasteiger charge is 2.62. The van der Waals surface area contributed by atoms with Crippen LogP contribution in [0, 0.1) is 34.5 Å². The smallest absolute Gasteiger partial charge is 0.303 e. The van der Waals surface area contributed by atoms with Crippen LogP contribution in [0.1, 0.15) is 78.6 Å². The number of hydrogen-bond donors (Lipinski definition) is 0. The van der Waals surface area contributed by atoms with Gasteiger partial charge < -0.3 is 4.74 Å². The third-order valence-corrected chi connectivity index (χ3v) is 8.60. The van der Waals surface area contributed by atoms with Crippen LogP contribution in [-0.2, 0) is 14.3 Å². The van der Waals surface area contributed by atoms with Gasteiger partial charge in [0, 0.05) is 12.3 Å². The van der Waals surface area contributed by atoms with Gasteiger partial charge in [-0.15, -0.1) is 0 Å². The first-order valence-electron chi connectivity index (χ1n) is 10.1.